The molecule has 0 saturated heterocycles. The SMILES string of the molecule is COc1cccc(-c2cc(C)nc(C3(C#N)CC3)n2)c1. The molecule has 20 heavy (non-hydrogen) atoms. The molecule has 0 spiro atoms. The molecule has 1 aliphatic carbocycles. The average molecular weight is 265 g/mol. The van der Waals surface area contributed by atoms with Crippen LogP contribution in [-0.4, -0.2) is 17.1 Å². The molecule has 1 aromatic carbocycles. The summed E-state index contributed by atoms with van der Waals surface area (Å²) in [5, 5.41) is 9.29. The normalized spacial score (nSPS) is 15.4. The molecule has 0 bridgehead atoms. The Morgan fingerprint density at radius 1 is 1.25 bits per heavy atom. The fourth-order valence-corrected chi connectivity index (χ4v) is 2.22. The van der Waals surface area contributed by atoms with E-state index in [0.717, 1.165) is 35.5 Å². The zero-order valence-electron chi connectivity index (χ0n) is 11.6. The van der Waals surface area contributed by atoms with Crippen LogP contribution in [0.25, 0.3) is 11.3 Å². The van der Waals surface area contributed by atoms with E-state index in [1.54, 1.807) is 7.11 Å². The van der Waals surface area contributed by atoms with E-state index in [2.05, 4.69) is 16.0 Å². The van der Waals surface area contributed by atoms with Crippen molar-refractivity contribution < 1.29 is 4.74 Å². The predicted octanol–water partition coefficient (Wildman–Crippen LogP) is 3.02. The fourth-order valence-electron chi connectivity index (χ4n) is 2.22. The van der Waals surface area contributed by atoms with E-state index in [9.17, 15) is 5.26 Å². The molecule has 4 nitrogen and oxygen atoms in total. The molecule has 0 amide bonds. The molecular formula is C16H15N3O. The second-order valence-corrected chi connectivity index (χ2v) is 5.14. The van der Waals surface area contributed by atoms with Crippen molar-refractivity contribution in [3.05, 3.63) is 41.9 Å². The van der Waals surface area contributed by atoms with Crippen LogP contribution in [0, 0.1) is 18.3 Å². The van der Waals surface area contributed by atoms with Crippen LogP contribution in [0.1, 0.15) is 24.4 Å². The molecule has 4 heteroatoms. The lowest BCUT2D eigenvalue weighted by Crippen LogP contribution is -2.10. The largest absolute Gasteiger partial charge is 0.497 e. The van der Waals surface area contributed by atoms with Gasteiger partial charge in [0.15, 0.2) is 0 Å². The first-order valence-electron chi connectivity index (χ1n) is 6.59. The van der Waals surface area contributed by atoms with Crippen LogP contribution in [-0.2, 0) is 5.41 Å². The van der Waals surface area contributed by atoms with E-state index in [4.69, 9.17) is 4.74 Å². The Balaban J connectivity index is 2.08. The molecule has 2 aromatic rings. The summed E-state index contributed by atoms with van der Waals surface area (Å²) in [5.41, 5.74) is 2.24. The summed E-state index contributed by atoms with van der Waals surface area (Å²) in [6.07, 6.45) is 1.70. The maximum absolute atomic E-state index is 9.29. The molecule has 0 aliphatic heterocycles. The summed E-state index contributed by atoms with van der Waals surface area (Å²) in [5.74, 6) is 1.44. The highest BCUT2D eigenvalue weighted by Crippen LogP contribution is 2.46. The van der Waals surface area contributed by atoms with Gasteiger partial charge in [-0.1, -0.05) is 12.1 Å². The lowest BCUT2D eigenvalue weighted by molar-refractivity contribution is 0.415. The average Bonchev–Trinajstić information content (AvgIpc) is 3.28. The van der Waals surface area contributed by atoms with Crippen molar-refractivity contribution in [1.82, 2.24) is 9.97 Å². The van der Waals surface area contributed by atoms with Crippen molar-refractivity contribution in [3.63, 3.8) is 0 Å². The monoisotopic (exact) mass is 265 g/mol. The molecule has 1 aromatic heterocycles. The lowest BCUT2D eigenvalue weighted by atomic mass is 10.1. The maximum atomic E-state index is 9.29. The summed E-state index contributed by atoms with van der Waals surface area (Å²) >= 11 is 0. The highest BCUT2D eigenvalue weighted by atomic mass is 16.5. The topological polar surface area (TPSA) is 58.8 Å². The number of aromatic nitrogens is 2. The highest BCUT2D eigenvalue weighted by molar-refractivity contribution is 5.61. The first-order valence-corrected chi connectivity index (χ1v) is 6.59. The number of nitrogens with zero attached hydrogens (tertiary/aromatic N) is 3. The van der Waals surface area contributed by atoms with E-state index in [0.29, 0.717) is 5.82 Å². The van der Waals surface area contributed by atoms with E-state index < -0.39 is 5.41 Å². The summed E-state index contributed by atoms with van der Waals surface area (Å²) in [6, 6.07) is 12.0. The van der Waals surface area contributed by atoms with Crippen LogP contribution in [0.4, 0.5) is 0 Å². The number of hydrogen-bond donors (Lipinski definition) is 0. The van der Waals surface area contributed by atoms with Crippen LogP contribution >= 0.6 is 0 Å². The molecule has 1 fully saturated rings. The third-order valence-corrected chi connectivity index (χ3v) is 3.61. The van der Waals surface area contributed by atoms with Gasteiger partial charge in [-0.3, -0.25) is 0 Å². The van der Waals surface area contributed by atoms with Crippen molar-refractivity contribution >= 4 is 0 Å². The van der Waals surface area contributed by atoms with E-state index in [1.807, 2.05) is 37.3 Å². The number of benzene rings is 1. The van der Waals surface area contributed by atoms with Gasteiger partial charge in [0.05, 0.1) is 18.9 Å². The van der Waals surface area contributed by atoms with E-state index in [1.165, 1.54) is 0 Å². The second kappa shape index (κ2) is 4.61. The minimum absolute atomic E-state index is 0.459. The second-order valence-electron chi connectivity index (χ2n) is 5.14. The van der Waals surface area contributed by atoms with Gasteiger partial charge in [0.1, 0.15) is 17.0 Å². The van der Waals surface area contributed by atoms with Gasteiger partial charge in [-0.15, -0.1) is 0 Å². The summed E-state index contributed by atoms with van der Waals surface area (Å²) in [6.45, 7) is 1.93. The molecule has 0 radical (unpaired) electrons. The molecule has 1 heterocycles. The number of rotatable bonds is 3. The van der Waals surface area contributed by atoms with Gasteiger partial charge in [0.25, 0.3) is 0 Å². The van der Waals surface area contributed by atoms with Crippen molar-refractivity contribution in [2.75, 3.05) is 7.11 Å². The Morgan fingerprint density at radius 3 is 2.70 bits per heavy atom. The zero-order valence-corrected chi connectivity index (χ0v) is 11.6. The molecular weight excluding hydrogens is 250 g/mol. The van der Waals surface area contributed by atoms with Gasteiger partial charge in [-0.25, -0.2) is 9.97 Å². The van der Waals surface area contributed by atoms with Crippen LogP contribution in [0.5, 0.6) is 5.75 Å². The fraction of sp³-hybridized carbons (Fsp3) is 0.312. The van der Waals surface area contributed by atoms with Gasteiger partial charge in [0, 0.05) is 11.3 Å². The number of ether oxygens (including phenoxy) is 1. The smallest absolute Gasteiger partial charge is 0.149 e. The predicted molar refractivity (Wildman–Crippen MR) is 75.3 cm³/mol. The Kier molecular flexibility index (Phi) is 2.90. The minimum atomic E-state index is -0.459. The third-order valence-electron chi connectivity index (χ3n) is 3.61. The van der Waals surface area contributed by atoms with E-state index >= 15 is 0 Å². The Bertz CT molecular complexity index is 699. The Labute approximate surface area is 118 Å². The van der Waals surface area contributed by atoms with Crippen molar-refractivity contribution in [2.24, 2.45) is 0 Å². The lowest BCUT2D eigenvalue weighted by Gasteiger charge is -2.09. The molecule has 1 saturated carbocycles. The third kappa shape index (κ3) is 2.12. The minimum Gasteiger partial charge on any atom is -0.497 e. The zero-order chi connectivity index (χ0) is 14.2. The maximum Gasteiger partial charge on any atom is 0.149 e. The van der Waals surface area contributed by atoms with Gasteiger partial charge in [-0.05, 0) is 38.0 Å². The number of aryl methyl sites for hydroxylation is 1. The summed E-state index contributed by atoms with van der Waals surface area (Å²) in [7, 11) is 1.64. The first kappa shape index (κ1) is 12.6. The Hall–Kier alpha value is -2.41. The van der Waals surface area contributed by atoms with Crippen LogP contribution in [0.3, 0.4) is 0 Å². The van der Waals surface area contributed by atoms with Crippen LogP contribution in [0.2, 0.25) is 0 Å². The van der Waals surface area contributed by atoms with Crippen LogP contribution < -0.4 is 4.74 Å². The van der Waals surface area contributed by atoms with Crippen molar-refractivity contribution in [1.29, 1.82) is 5.26 Å². The summed E-state index contributed by atoms with van der Waals surface area (Å²) < 4.78 is 5.24. The van der Waals surface area contributed by atoms with E-state index in [-0.39, 0.29) is 0 Å². The molecule has 100 valence electrons. The van der Waals surface area contributed by atoms with Gasteiger partial charge < -0.3 is 4.74 Å². The number of methoxy groups -OCH3 is 1. The molecule has 1 aliphatic rings. The summed E-state index contributed by atoms with van der Waals surface area (Å²) in [4.78, 5) is 9.04. The molecule has 3 rings (SSSR count). The van der Waals surface area contributed by atoms with Gasteiger partial charge in [-0.2, -0.15) is 5.26 Å². The molecule has 0 N–H and O–H groups in total. The Morgan fingerprint density at radius 2 is 2.05 bits per heavy atom. The van der Waals surface area contributed by atoms with Crippen molar-refractivity contribution in [3.8, 4) is 23.1 Å². The number of hydrogen-bond acceptors (Lipinski definition) is 4. The highest BCUT2D eigenvalue weighted by Gasteiger charge is 2.48. The van der Waals surface area contributed by atoms with Gasteiger partial charge in [0.2, 0.25) is 0 Å². The standard InChI is InChI=1S/C16H15N3O/c1-11-8-14(12-4-3-5-13(9-12)20-2)19-15(18-11)16(10-17)6-7-16/h3-5,8-9H,6-7H2,1-2H3. The quantitative estimate of drug-likeness (QED) is 0.856. The molecule has 0 atom stereocenters. The molecule has 0 unspecified atom stereocenters. The van der Waals surface area contributed by atoms with Gasteiger partial charge >= 0.3 is 0 Å². The van der Waals surface area contributed by atoms with Crippen LogP contribution in [0.15, 0.2) is 30.3 Å². The first-order chi connectivity index (χ1) is 9.66. The number of nitriles is 1. The van der Waals surface area contributed by atoms with Crippen molar-refractivity contribution in [2.45, 2.75) is 25.2 Å².